The summed E-state index contributed by atoms with van der Waals surface area (Å²) in [6, 6.07) is 0. The first-order valence-electron chi connectivity index (χ1n) is 8.01. The van der Waals surface area contributed by atoms with Gasteiger partial charge in [0.25, 0.3) is 0 Å². The zero-order valence-corrected chi connectivity index (χ0v) is 18.4. The van der Waals surface area contributed by atoms with Gasteiger partial charge in [0.05, 0.1) is 0 Å². The van der Waals surface area contributed by atoms with Crippen molar-refractivity contribution in [2.75, 3.05) is 0 Å². The van der Waals surface area contributed by atoms with E-state index in [1.807, 2.05) is 0 Å². The van der Waals surface area contributed by atoms with Gasteiger partial charge in [0.15, 0.2) is 0 Å². The van der Waals surface area contributed by atoms with E-state index in [0.717, 1.165) is 23.7 Å². The van der Waals surface area contributed by atoms with Crippen LogP contribution in [0.2, 0.25) is 0 Å². The van der Waals surface area contributed by atoms with Gasteiger partial charge in [0.2, 0.25) is 0 Å². The molecule has 23 heavy (non-hydrogen) atoms. The molecule has 2 saturated carbocycles. The molecule has 0 amide bonds. The molecule has 2 fully saturated rings. The van der Waals surface area contributed by atoms with Gasteiger partial charge in [-0.05, 0) is 49.4 Å². The fraction of sp³-hybridized carbons (Fsp3) is 0.500. The second-order valence-electron chi connectivity index (χ2n) is 6.13. The molecule has 4 aliphatic carbocycles. The van der Waals surface area contributed by atoms with E-state index < -0.39 is 20.8 Å². The van der Waals surface area contributed by atoms with Crippen molar-refractivity contribution in [1.82, 2.24) is 0 Å². The third-order valence-corrected chi connectivity index (χ3v) is 4.91. The summed E-state index contributed by atoms with van der Waals surface area (Å²) >= 11 is -0.826. The van der Waals surface area contributed by atoms with E-state index in [1.165, 1.54) is 38.5 Å². The molecular weight excluding hydrogens is 402 g/mol. The van der Waals surface area contributed by atoms with Crippen LogP contribution in [0.4, 0.5) is 0 Å². The number of fused-ring (bicyclic) bond motifs is 2. The fourth-order valence-electron chi connectivity index (χ4n) is 3.82. The Bertz CT molecular complexity index is 338. The average molecular weight is 433 g/mol. The molecule has 0 radical (unpaired) electrons. The quantitative estimate of drug-likeness (QED) is 0.351. The van der Waals surface area contributed by atoms with Gasteiger partial charge in [0, 0.05) is 0 Å². The van der Waals surface area contributed by atoms with Gasteiger partial charge in [-0.15, -0.1) is 0 Å². The van der Waals surface area contributed by atoms with Gasteiger partial charge in [-0.25, -0.2) is 0 Å². The van der Waals surface area contributed by atoms with Crippen molar-refractivity contribution in [3.63, 3.8) is 0 Å². The summed E-state index contributed by atoms with van der Waals surface area (Å²) in [6.07, 6.45) is 26.7. The van der Waals surface area contributed by atoms with Crippen LogP contribution in [0.3, 0.4) is 0 Å². The van der Waals surface area contributed by atoms with Crippen LogP contribution >= 0.6 is 17.0 Å². The molecule has 0 nitrogen and oxygen atoms in total. The Morgan fingerprint density at radius 1 is 0.565 bits per heavy atom. The zero-order chi connectivity index (χ0) is 14.9. The number of rotatable bonds is 0. The predicted molar refractivity (Wildman–Crippen MR) is 103 cm³/mol. The van der Waals surface area contributed by atoms with E-state index in [0.29, 0.717) is 0 Å². The Morgan fingerprint density at radius 3 is 1.00 bits per heavy atom. The summed E-state index contributed by atoms with van der Waals surface area (Å²) in [5.41, 5.74) is 0. The second-order valence-corrected chi connectivity index (χ2v) is 9.86. The molecule has 0 aromatic rings. The van der Waals surface area contributed by atoms with Crippen LogP contribution in [0, 0.1) is 38.5 Å². The summed E-state index contributed by atoms with van der Waals surface area (Å²) in [6.45, 7) is 0. The maximum absolute atomic E-state index is 4.93. The van der Waals surface area contributed by atoms with Crippen molar-refractivity contribution in [3.8, 4) is 0 Å². The minimum atomic E-state index is -0.826. The summed E-state index contributed by atoms with van der Waals surface area (Å²) in [5.74, 6) is 3.59. The van der Waals surface area contributed by atoms with Gasteiger partial charge < -0.3 is 14.9 Å². The van der Waals surface area contributed by atoms with E-state index in [-0.39, 0.29) is 14.9 Å². The van der Waals surface area contributed by atoms with Crippen molar-refractivity contribution in [2.24, 2.45) is 23.7 Å². The molecule has 128 valence electrons. The minimum absolute atomic E-state index is 0. The second kappa shape index (κ2) is 13.7. The van der Waals surface area contributed by atoms with Gasteiger partial charge in [-0.2, -0.15) is 0 Å². The van der Waals surface area contributed by atoms with E-state index in [2.05, 4.69) is 48.6 Å². The molecule has 0 heterocycles. The zero-order valence-electron chi connectivity index (χ0n) is 14.4. The van der Waals surface area contributed by atoms with Gasteiger partial charge in [-0.3, -0.25) is 0 Å². The summed E-state index contributed by atoms with van der Waals surface area (Å²) in [4.78, 5) is 0. The van der Waals surface area contributed by atoms with Crippen molar-refractivity contribution in [2.45, 2.75) is 38.5 Å². The van der Waals surface area contributed by atoms with Crippen molar-refractivity contribution >= 4 is 17.0 Å². The monoisotopic (exact) mass is 430 g/mol. The van der Waals surface area contributed by atoms with E-state index in [9.17, 15) is 0 Å². The molecule has 0 N–H and O–H groups in total. The third-order valence-electron chi connectivity index (χ3n) is 4.91. The summed E-state index contributed by atoms with van der Waals surface area (Å²) < 4.78 is 0. The standard InChI is InChI=1S/2C9H12.2CH3.2ClH.Zr/c2*1-2-5-9-7-3-6-8(9)4-1;;;;;/h2*1-2,4-5,8-9H,3,6-7H2;2*1H3;2*1H;/q;;2*-1;;;+4/p-2. The van der Waals surface area contributed by atoms with Crippen molar-refractivity contribution < 1.29 is 20.8 Å². The molecule has 0 aromatic heterocycles. The first kappa shape index (κ1) is 23.4. The van der Waals surface area contributed by atoms with E-state index in [1.54, 1.807) is 0 Å². The molecule has 4 unspecified atom stereocenters. The number of halogens is 2. The fourth-order valence-corrected chi connectivity index (χ4v) is 3.82. The van der Waals surface area contributed by atoms with Crippen LogP contribution in [0.5, 0.6) is 0 Å². The Morgan fingerprint density at radius 2 is 0.783 bits per heavy atom. The molecule has 0 aliphatic heterocycles. The Balaban J connectivity index is 0.000000336. The van der Waals surface area contributed by atoms with Crippen LogP contribution in [0.15, 0.2) is 48.6 Å². The SMILES string of the molecule is C1=CC2CCCC2C=C1.C1=CC2CCCC2C=C1.[CH3-].[CH3-].[Cl][Zr+2][Cl]. The Kier molecular flexibility index (Phi) is 13.9. The van der Waals surface area contributed by atoms with Crippen LogP contribution in [0.25, 0.3) is 0 Å². The summed E-state index contributed by atoms with van der Waals surface area (Å²) in [5, 5.41) is 0. The topological polar surface area (TPSA) is 0 Å². The molecule has 0 aromatic carbocycles. The van der Waals surface area contributed by atoms with Gasteiger partial charge in [0.1, 0.15) is 0 Å². The Hall–Kier alpha value is 0.423. The van der Waals surface area contributed by atoms with Crippen LogP contribution in [-0.4, -0.2) is 0 Å². The van der Waals surface area contributed by atoms with Crippen molar-refractivity contribution in [3.05, 3.63) is 63.5 Å². The molecule has 0 spiro atoms. The van der Waals surface area contributed by atoms with E-state index >= 15 is 0 Å². The molecule has 4 atom stereocenters. The third kappa shape index (κ3) is 7.89. The predicted octanol–water partition coefficient (Wildman–Crippen LogP) is 7.33. The molecular formula is C20H30Cl2Zr. The average Bonchev–Trinajstić information content (AvgIpc) is 3.17. The number of hydrogen-bond acceptors (Lipinski definition) is 0. The first-order chi connectivity index (χ1) is 10.3. The van der Waals surface area contributed by atoms with Crippen LogP contribution in [0.1, 0.15) is 38.5 Å². The number of hydrogen-bond donors (Lipinski definition) is 0. The first-order valence-corrected chi connectivity index (χ1v) is 14.3. The summed E-state index contributed by atoms with van der Waals surface area (Å²) in [7, 11) is 9.87. The van der Waals surface area contributed by atoms with E-state index in [4.69, 9.17) is 17.0 Å². The molecule has 3 heteroatoms. The van der Waals surface area contributed by atoms with Crippen LogP contribution < -0.4 is 0 Å². The molecule has 0 bridgehead atoms. The molecule has 0 saturated heterocycles. The van der Waals surface area contributed by atoms with Crippen LogP contribution in [-0.2, 0) is 20.8 Å². The normalized spacial score (nSPS) is 31.0. The molecule has 4 aliphatic rings. The molecule has 4 rings (SSSR count). The van der Waals surface area contributed by atoms with Crippen molar-refractivity contribution in [1.29, 1.82) is 0 Å². The van der Waals surface area contributed by atoms with Gasteiger partial charge in [-0.1, -0.05) is 61.4 Å². The van der Waals surface area contributed by atoms with Gasteiger partial charge >= 0.3 is 37.9 Å². The maximum atomic E-state index is 4.93. The Labute approximate surface area is 162 Å². The number of allylic oxidation sites excluding steroid dienone is 8.